The molecule has 2 aromatic carbocycles. The lowest BCUT2D eigenvalue weighted by Gasteiger charge is -2.31. The van der Waals surface area contributed by atoms with Crippen LogP contribution in [0, 0.1) is 12.3 Å². The molecule has 0 spiro atoms. The van der Waals surface area contributed by atoms with E-state index >= 15 is 0 Å². The first kappa shape index (κ1) is 21.8. The molecule has 1 aromatic heterocycles. The van der Waals surface area contributed by atoms with Crippen molar-refractivity contribution < 1.29 is 9.59 Å². The van der Waals surface area contributed by atoms with Gasteiger partial charge in [0.15, 0.2) is 0 Å². The van der Waals surface area contributed by atoms with Gasteiger partial charge in [0.2, 0.25) is 5.91 Å². The van der Waals surface area contributed by atoms with Crippen LogP contribution in [0.4, 0.5) is 0 Å². The van der Waals surface area contributed by atoms with Crippen LogP contribution in [0.1, 0.15) is 28.0 Å². The Morgan fingerprint density at radius 2 is 1.81 bits per heavy atom. The third-order valence-electron chi connectivity index (χ3n) is 6.29. The molecule has 4 rings (SSSR count). The van der Waals surface area contributed by atoms with Crippen molar-refractivity contribution in [1.29, 1.82) is 0 Å². The normalized spacial score (nSPS) is 18.1. The summed E-state index contributed by atoms with van der Waals surface area (Å²) in [4.78, 5) is 29.7. The zero-order valence-electron chi connectivity index (χ0n) is 19.2. The molecule has 2 amide bonds. The highest BCUT2D eigenvalue weighted by Gasteiger charge is 2.47. The summed E-state index contributed by atoms with van der Waals surface area (Å²) in [7, 11) is 5.37. The number of likely N-dealkylation sites (tertiary alicyclic amines) is 1. The van der Waals surface area contributed by atoms with Crippen LogP contribution in [0.2, 0.25) is 0 Å². The van der Waals surface area contributed by atoms with E-state index in [1.54, 1.807) is 47.9 Å². The Morgan fingerprint density at radius 1 is 1.06 bits per heavy atom. The maximum absolute atomic E-state index is 13.3. The Kier molecular flexibility index (Phi) is 5.87. The lowest BCUT2D eigenvalue weighted by Crippen LogP contribution is -2.44. The van der Waals surface area contributed by atoms with E-state index in [0.29, 0.717) is 31.6 Å². The minimum atomic E-state index is -0.639. The summed E-state index contributed by atoms with van der Waals surface area (Å²) in [6.45, 7) is 3.02. The maximum atomic E-state index is 13.3. The summed E-state index contributed by atoms with van der Waals surface area (Å²) in [5.74, 6) is -0.0537. The zero-order chi connectivity index (χ0) is 22.9. The first-order chi connectivity index (χ1) is 15.3. The van der Waals surface area contributed by atoms with Crippen LogP contribution in [0.5, 0.6) is 0 Å². The van der Waals surface area contributed by atoms with E-state index in [9.17, 15) is 9.59 Å². The van der Waals surface area contributed by atoms with E-state index in [2.05, 4.69) is 54.5 Å². The van der Waals surface area contributed by atoms with Gasteiger partial charge in [-0.3, -0.25) is 14.3 Å². The minimum Gasteiger partial charge on any atom is -0.348 e. The Balaban J connectivity index is 1.61. The van der Waals surface area contributed by atoms with Gasteiger partial charge in [-0.15, -0.1) is 0 Å². The molecule has 3 aromatic rings. The van der Waals surface area contributed by atoms with Crippen molar-refractivity contribution in [2.45, 2.75) is 19.8 Å². The van der Waals surface area contributed by atoms with E-state index < -0.39 is 5.41 Å². The van der Waals surface area contributed by atoms with Crippen LogP contribution in [0.25, 0.3) is 11.1 Å². The van der Waals surface area contributed by atoms with Gasteiger partial charge in [-0.1, -0.05) is 54.1 Å². The van der Waals surface area contributed by atoms with Crippen LogP contribution in [0.3, 0.4) is 0 Å². The lowest BCUT2D eigenvalue weighted by atomic mass is 9.79. The van der Waals surface area contributed by atoms with Crippen molar-refractivity contribution in [2.24, 2.45) is 12.5 Å². The predicted octanol–water partition coefficient (Wildman–Crippen LogP) is 3.56. The fourth-order valence-electron chi connectivity index (χ4n) is 4.60. The van der Waals surface area contributed by atoms with Gasteiger partial charge >= 0.3 is 0 Å². The summed E-state index contributed by atoms with van der Waals surface area (Å²) in [6, 6.07) is 18.6. The number of nitrogens with zero attached hydrogens (tertiary/aromatic N) is 4. The molecule has 0 radical (unpaired) electrons. The van der Waals surface area contributed by atoms with Gasteiger partial charge in [-0.2, -0.15) is 5.10 Å². The Bertz CT molecular complexity index is 1130. The van der Waals surface area contributed by atoms with E-state index in [-0.39, 0.29) is 11.8 Å². The predicted molar refractivity (Wildman–Crippen MR) is 125 cm³/mol. The number of aryl methyl sites for hydroxylation is 2. The van der Waals surface area contributed by atoms with E-state index in [1.807, 2.05) is 6.07 Å². The quantitative estimate of drug-likeness (QED) is 0.622. The summed E-state index contributed by atoms with van der Waals surface area (Å²) >= 11 is 0. The smallest absolute Gasteiger partial charge is 0.274 e. The first-order valence-electron chi connectivity index (χ1n) is 10.9. The number of amides is 2. The van der Waals surface area contributed by atoms with Crippen molar-refractivity contribution in [3.8, 4) is 11.1 Å². The van der Waals surface area contributed by atoms with Crippen LogP contribution < -0.4 is 0 Å². The SMILES string of the molecule is Cc1ccc(-c2cccc(C[C@@]3(C(=O)N(C)C)CCN(C(=O)c4ccn(C)n4)C3)c2)cc1. The first-order valence-corrected chi connectivity index (χ1v) is 10.9. The van der Waals surface area contributed by atoms with E-state index in [0.717, 1.165) is 16.7 Å². The second-order valence-electron chi connectivity index (χ2n) is 9.07. The average molecular weight is 431 g/mol. The molecule has 32 heavy (non-hydrogen) atoms. The average Bonchev–Trinajstić information content (AvgIpc) is 3.40. The lowest BCUT2D eigenvalue weighted by molar-refractivity contribution is -0.138. The molecule has 0 saturated carbocycles. The summed E-state index contributed by atoms with van der Waals surface area (Å²) < 4.78 is 1.62. The van der Waals surface area contributed by atoms with Gasteiger partial charge in [-0.25, -0.2) is 0 Å². The molecule has 1 aliphatic rings. The van der Waals surface area contributed by atoms with Gasteiger partial charge in [0.1, 0.15) is 5.69 Å². The highest BCUT2D eigenvalue weighted by molar-refractivity contribution is 5.93. The van der Waals surface area contributed by atoms with Crippen molar-refractivity contribution in [3.63, 3.8) is 0 Å². The number of rotatable bonds is 5. The van der Waals surface area contributed by atoms with Crippen LogP contribution in [0.15, 0.2) is 60.8 Å². The molecule has 1 saturated heterocycles. The van der Waals surface area contributed by atoms with Gasteiger partial charge in [0, 0.05) is 40.4 Å². The van der Waals surface area contributed by atoms with Crippen molar-refractivity contribution in [3.05, 3.63) is 77.6 Å². The highest BCUT2D eigenvalue weighted by Crippen LogP contribution is 2.37. The van der Waals surface area contributed by atoms with Gasteiger partial charge < -0.3 is 9.80 Å². The largest absolute Gasteiger partial charge is 0.348 e. The number of aromatic nitrogens is 2. The second-order valence-corrected chi connectivity index (χ2v) is 9.07. The molecule has 0 unspecified atom stereocenters. The molecular weight excluding hydrogens is 400 g/mol. The molecule has 1 atom stereocenters. The standard InChI is InChI=1S/C26H30N4O2/c1-19-8-10-21(11-9-19)22-7-5-6-20(16-22)17-26(25(32)28(2)3)13-15-30(18-26)24(31)23-12-14-29(4)27-23/h5-12,14,16H,13,15,17-18H2,1-4H3/t26-/m0/s1. The molecule has 0 bridgehead atoms. The second kappa shape index (κ2) is 8.61. The molecule has 6 heteroatoms. The molecular formula is C26H30N4O2. The number of hydrogen-bond acceptors (Lipinski definition) is 3. The number of carbonyl (C=O) groups is 2. The molecule has 2 heterocycles. The third-order valence-corrected chi connectivity index (χ3v) is 6.29. The third kappa shape index (κ3) is 4.31. The van der Waals surface area contributed by atoms with Crippen molar-refractivity contribution in [1.82, 2.24) is 19.6 Å². The minimum absolute atomic E-state index is 0.0644. The Labute approximate surface area is 189 Å². The van der Waals surface area contributed by atoms with Gasteiger partial charge in [0.25, 0.3) is 5.91 Å². The summed E-state index contributed by atoms with van der Waals surface area (Å²) in [5, 5.41) is 4.25. The molecule has 1 aliphatic heterocycles. The number of hydrogen-bond donors (Lipinski definition) is 0. The Morgan fingerprint density at radius 3 is 2.47 bits per heavy atom. The van der Waals surface area contributed by atoms with Crippen LogP contribution >= 0.6 is 0 Å². The molecule has 0 aliphatic carbocycles. The Hall–Kier alpha value is -3.41. The maximum Gasteiger partial charge on any atom is 0.274 e. The molecule has 0 N–H and O–H groups in total. The fourth-order valence-corrected chi connectivity index (χ4v) is 4.60. The highest BCUT2D eigenvalue weighted by atomic mass is 16.2. The van der Waals surface area contributed by atoms with Gasteiger partial charge in [-0.05, 0) is 42.5 Å². The van der Waals surface area contributed by atoms with Crippen LogP contribution in [-0.4, -0.2) is 58.6 Å². The van der Waals surface area contributed by atoms with Crippen molar-refractivity contribution >= 4 is 11.8 Å². The fraction of sp³-hybridized carbons (Fsp3) is 0.346. The summed E-state index contributed by atoms with van der Waals surface area (Å²) in [5.41, 5.74) is 4.40. The van der Waals surface area contributed by atoms with E-state index in [1.165, 1.54) is 5.56 Å². The van der Waals surface area contributed by atoms with E-state index in [4.69, 9.17) is 0 Å². The number of benzene rings is 2. The summed E-state index contributed by atoms with van der Waals surface area (Å²) in [6.07, 6.45) is 2.99. The molecule has 1 fully saturated rings. The monoisotopic (exact) mass is 430 g/mol. The van der Waals surface area contributed by atoms with Crippen molar-refractivity contribution in [2.75, 3.05) is 27.2 Å². The molecule has 166 valence electrons. The van der Waals surface area contributed by atoms with Gasteiger partial charge in [0.05, 0.1) is 5.41 Å². The molecule has 6 nitrogen and oxygen atoms in total. The zero-order valence-corrected chi connectivity index (χ0v) is 19.2. The van der Waals surface area contributed by atoms with Crippen LogP contribution in [-0.2, 0) is 18.3 Å². The topological polar surface area (TPSA) is 58.4 Å². The number of carbonyl (C=O) groups excluding carboxylic acids is 2.